The molecular weight excluding hydrogens is 486 g/mol. The van der Waals surface area contributed by atoms with Crippen LogP contribution in [0.2, 0.25) is 0 Å². The van der Waals surface area contributed by atoms with Gasteiger partial charge in [0.05, 0.1) is 5.69 Å². The fourth-order valence-electron chi connectivity index (χ4n) is 5.44. The molecule has 2 saturated carbocycles. The maximum absolute atomic E-state index is 14.1. The number of aromatic carboxylic acids is 1. The third-order valence-electron chi connectivity index (χ3n) is 7.88. The summed E-state index contributed by atoms with van der Waals surface area (Å²) in [4.78, 5) is 38.2. The minimum Gasteiger partial charge on any atom is -0.477 e. The zero-order chi connectivity index (χ0) is 26.7. The molecule has 202 valence electrons. The van der Waals surface area contributed by atoms with E-state index < -0.39 is 5.97 Å². The summed E-state index contributed by atoms with van der Waals surface area (Å²) in [6, 6.07) is 2.31. The van der Waals surface area contributed by atoms with Gasteiger partial charge >= 0.3 is 12.0 Å². The van der Waals surface area contributed by atoms with Crippen molar-refractivity contribution < 1.29 is 19.4 Å². The molecule has 0 saturated heterocycles. The molecule has 0 unspecified atom stereocenters. The van der Waals surface area contributed by atoms with Gasteiger partial charge in [-0.25, -0.2) is 14.8 Å². The van der Waals surface area contributed by atoms with Gasteiger partial charge in [0.1, 0.15) is 11.0 Å². The average Bonchev–Trinajstić information content (AvgIpc) is 3.32. The summed E-state index contributed by atoms with van der Waals surface area (Å²) < 4.78 is 6.07. The molecule has 2 aliphatic carbocycles. The van der Waals surface area contributed by atoms with Crippen molar-refractivity contribution in [2.45, 2.75) is 110 Å². The van der Waals surface area contributed by atoms with Crippen LogP contribution in [0.5, 0.6) is 6.01 Å². The number of carbonyl (C=O) groups is 2. The van der Waals surface area contributed by atoms with Crippen molar-refractivity contribution in [3.05, 3.63) is 33.8 Å². The second-order valence-electron chi connectivity index (χ2n) is 11.8. The molecule has 0 spiro atoms. The molecule has 2 aliphatic rings. The smallest absolute Gasteiger partial charge is 0.348 e. The van der Waals surface area contributed by atoms with E-state index in [9.17, 15) is 14.7 Å². The number of amides is 1. The lowest BCUT2D eigenvalue weighted by molar-refractivity contribution is -0.124. The molecule has 2 heterocycles. The monoisotopic (exact) mass is 527 g/mol. The maximum Gasteiger partial charge on any atom is 0.348 e. The van der Waals surface area contributed by atoms with Crippen LogP contribution in [0, 0.1) is 11.8 Å². The molecule has 2 aromatic rings. The number of rotatable bonds is 7. The van der Waals surface area contributed by atoms with Gasteiger partial charge in [0.15, 0.2) is 0 Å². The fraction of sp³-hybridized carbons (Fsp3) is 0.655. The number of hydrogen-bond donors (Lipinski definition) is 1. The van der Waals surface area contributed by atoms with Crippen LogP contribution in [0.4, 0.5) is 5.69 Å². The van der Waals surface area contributed by atoms with E-state index in [1.54, 1.807) is 12.4 Å². The minimum atomic E-state index is -0.963. The molecule has 2 aromatic heterocycles. The van der Waals surface area contributed by atoms with E-state index in [1.165, 1.54) is 11.3 Å². The van der Waals surface area contributed by atoms with Crippen LogP contribution in [0.1, 0.15) is 106 Å². The Balaban J connectivity index is 1.57. The number of hydrogen-bond acceptors (Lipinski definition) is 6. The van der Waals surface area contributed by atoms with Crippen LogP contribution in [-0.4, -0.2) is 39.1 Å². The lowest BCUT2D eigenvalue weighted by Gasteiger charge is -2.39. The number of carboxylic acid groups (broad SMARTS) is 1. The third kappa shape index (κ3) is 6.51. The first-order valence-electron chi connectivity index (χ1n) is 13.7. The summed E-state index contributed by atoms with van der Waals surface area (Å²) in [5.74, 6) is -0.275. The second kappa shape index (κ2) is 11.5. The molecule has 2 fully saturated rings. The molecule has 0 aromatic carbocycles. The van der Waals surface area contributed by atoms with E-state index in [4.69, 9.17) is 4.74 Å². The molecule has 0 aliphatic heterocycles. The van der Waals surface area contributed by atoms with E-state index in [0.29, 0.717) is 17.6 Å². The molecular formula is C29H41N3O4S. The largest absolute Gasteiger partial charge is 0.477 e. The van der Waals surface area contributed by atoms with Gasteiger partial charge in [-0.2, -0.15) is 0 Å². The number of nitrogens with zero attached hydrogens (tertiary/aromatic N) is 3. The highest BCUT2D eigenvalue weighted by molar-refractivity contribution is 7.14. The van der Waals surface area contributed by atoms with Crippen LogP contribution in [-0.2, 0) is 16.6 Å². The first kappa shape index (κ1) is 27.6. The van der Waals surface area contributed by atoms with Crippen molar-refractivity contribution in [2.24, 2.45) is 11.8 Å². The number of carbonyl (C=O) groups excluding carboxylic acids is 1. The molecule has 1 amide bonds. The first-order valence-corrected chi connectivity index (χ1v) is 14.6. The van der Waals surface area contributed by atoms with Crippen molar-refractivity contribution in [1.29, 1.82) is 0 Å². The standard InChI is InChI=1S/C29H41N3O4S/c1-6-19-16-30-28(31-17-19)36-22-13-11-21(12-14-22)32(26(33)20-9-7-18(2)8-10-20)23-15-24(29(3,4)5)37-25(23)27(34)35/h15-18,20-22H,6-14H2,1-5H3,(H,34,35)/t18-,20-,21-,22-. The van der Waals surface area contributed by atoms with Gasteiger partial charge < -0.3 is 14.7 Å². The number of ether oxygens (including phenoxy) is 1. The maximum atomic E-state index is 14.1. The molecule has 7 nitrogen and oxygen atoms in total. The van der Waals surface area contributed by atoms with Gasteiger partial charge in [0.2, 0.25) is 5.91 Å². The Morgan fingerprint density at radius 3 is 2.22 bits per heavy atom. The molecule has 0 radical (unpaired) electrons. The van der Waals surface area contributed by atoms with E-state index >= 15 is 0 Å². The van der Waals surface area contributed by atoms with Crippen molar-refractivity contribution in [1.82, 2.24) is 9.97 Å². The van der Waals surface area contributed by atoms with Crippen molar-refractivity contribution in [3.8, 4) is 6.01 Å². The Kier molecular flexibility index (Phi) is 8.56. The average molecular weight is 528 g/mol. The van der Waals surface area contributed by atoms with Gasteiger partial charge in [0, 0.05) is 29.2 Å². The Morgan fingerprint density at radius 1 is 1.05 bits per heavy atom. The Labute approximate surface area is 224 Å². The molecule has 1 N–H and O–H groups in total. The molecule has 37 heavy (non-hydrogen) atoms. The Morgan fingerprint density at radius 2 is 1.68 bits per heavy atom. The quantitative estimate of drug-likeness (QED) is 0.434. The first-order chi connectivity index (χ1) is 17.6. The van der Waals surface area contributed by atoms with Crippen LogP contribution < -0.4 is 9.64 Å². The van der Waals surface area contributed by atoms with Crippen LogP contribution in [0.15, 0.2) is 18.5 Å². The van der Waals surface area contributed by atoms with Gasteiger partial charge in [-0.05, 0) is 80.8 Å². The molecule has 0 atom stereocenters. The van der Waals surface area contributed by atoms with Crippen LogP contribution in [0.3, 0.4) is 0 Å². The zero-order valence-corrected chi connectivity index (χ0v) is 23.6. The lowest BCUT2D eigenvalue weighted by Crippen LogP contribution is -2.47. The Hall–Kier alpha value is -2.48. The normalized spacial score (nSPS) is 24.5. The lowest BCUT2D eigenvalue weighted by atomic mass is 9.81. The number of aryl methyl sites for hydroxylation is 1. The topological polar surface area (TPSA) is 92.6 Å². The van der Waals surface area contributed by atoms with E-state index in [2.05, 4.69) is 44.6 Å². The van der Waals surface area contributed by atoms with Gasteiger partial charge in [-0.3, -0.25) is 4.79 Å². The van der Waals surface area contributed by atoms with Gasteiger partial charge in [-0.1, -0.05) is 34.6 Å². The second-order valence-corrected chi connectivity index (χ2v) is 12.9. The van der Waals surface area contributed by atoms with Gasteiger partial charge in [-0.15, -0.1) is 11.3 Å². The predicted molar refractivity (Wildman–Crippen MR) is 147 cm³/mol. The van der Waals surface area contributed by atoms with Gasteiger partial charge in [0.25, 0.3) is 0 Å². The predicted octanol–water partition coefficient (Wildman–Crippen LogP) is 6.65. The Bertz CT molecular complexity index is 1080. The highest BCUT2D eigenvalue weighted by Gasteiger charge is 2.38. The summed E-state index contributed by atoms with van der Waals surface area (Å²) >= 11 is 1.30. The van der Waals surface area contributed by atoms with Crippen LogP contribution >= 0.6 is 11.3 Å². The minimum absolute atomic E-state index is 0.0113. The summed E-state index contributed by atoms with van der Waals surface area (Å²) in [6.45, 7) is 10.6. The third-order valence-corrected chi connectivity index (χ3v) is 9.42. The van der Waals surface area contributed by atoms with E-state index in [1.807, 2.05) is 11.0 Å². The molecule has 4 rings (SSSR count). The van der Waals surface area contributed by atoms with Crippen molar-refractivity contribution in [2.75, 3.05) is 4.90 Å². The van der Waals surface area contributed by atoms with E-state index in [-0.39, 0.29) is 34.3 Å². The van der Waals surface area contributed by atoms with Crippen molar-refractivity contribution >= 4 is 28.9 Å². The van der Waals surface area contributed by atoms with Crippen LogP contribution in [0.25, 0.3) is 0 Å². The SMILES string of the molecule is CCc1cnc(O[C@H]2CC[C@H](N(c3cc(C(C)(C)C)sc3C(=O)O)C(=O)[C@H]3CC[C@H](C)CC3)CC2)nc1. The zero-order valence-electron chi connectivity index (χ0n) is 22.8. The van der Waals surface area contributed by atoms with Crippen molar-refractivity contribution in [3.63, 3.8) is 0 Å². The highest BCUT2D eigenvalue weighted by Crippen LogP contribution is 2.42. The summed E-state index contributed by atoms with van der Waals surface area (Å²) in [7, 11) is 0. The summed E-state index contributed by atoms with van der Waals surface area (Å²) in [5.41, 5.74) is 1.46. The molecule has 8 heteroatoms. The number of anilines is 1. The van der Waals surface area contributed by atoms with E-state index in [0.717, 1.165) is 68.2 Å². The highest BCUT2D eigenvalue weighted by atomic mass is 32.1. The fourth-order valence-corrected chi connectivity index (χ4v) is 6.48. The molecule has 0 bridgehead atoms. The number of aromatic nitrogens is 2. The number of thiophene rings is 1. The summed E-state index contributed by atoms with van der Waals surface area (Å²) in [5, 5.41) is 10.1. The summed E-state index contributed by atoms with van der Waals surface area (Å²) in [6.07, 6.45) is 11.4. The number of carboxylic acids is 1.